The number of fused-ring (bicyclic) bond motifs is 1. The van der Waals surface area contributed by atoms with Crippen molar-refractivity contribution in [3.63, 3.8) is 0 Å². The third kappa shape index (κ3) is 2.01. The molecule has 0 bridgehead atoms. The molecule has 0 saturated carbocycles. The Morgan fingerprint density at radius 1 is 1.22 bits per heavy atom. The van der Waals surface area contributed by atoms with Crippen LogP contribution in [0.15, 0.2) is 18.2 Å². The van der Waals surface area contributed by atoms with Crippen molar-refractivity contribution in [3.8, 4) is 0 Å². The quantitative estimate of drug-likeness (QED) is 0.805. The lowest BCUT2D eigenvalue weighted by atomic mass is 9.92. The number of nitrogen functional groups attached to an aromatic ring is 1. The van der Waals surface area contributed by atoms with Gasteiger partial charge in [0, 0.05) is 11.3 Å². The molecule has 0 atom stereocenters. The van der Waals surface area contributed by atoms with E-state index in [1.54, 1.807) is 6.07 Å². The van der Waals surface area contributed by atoms with Crippen LogP contribution in [0.3, 0.4) is 0 Å². The highest BCUT2D eigenvalue weighted by molar-refractivity contribution is 5.82. The van der Waals surface area contributed by atoms with Crippen molar-refractivity contribution in [1.82, 2.24) is 15.3 Å². The van der Waals surface area contributed by atoms with E-state index >= 15 is 0 Å². The first-order valence-electron chi connectivity index (χ1n) is 6.17. The van der Waals surface area contributed by atoms with Crippen LogP contribution in [-0.2, 0) is 0 Å². The van der Waals surface area contributed by atoms with E-state index in [1.807, 2.05) is 0 Å². The van der Waals surface area contributed by atoms with Crippen LogP contribution < -0.4 is 11.1 Å². The van der Waals surface area contributed by atoms with Crippen LogP contribution in [0.25, 0.3) is 10.9 Å². The number of benzene rings is 1. The first-order valence-corrected chi connectivity index (χ1v) is 6.17. The molecule has 0 aliphatic carbocycles. The number of nitrogens with one attached hydrogen (secondary N) is 1. The molecular formula is C13H15FN4. The summed E-state index contributed by atoms with van der Waals surface area (Å²) in [5.74, 6) is 0.342. The van der Waals surface area contributed by atoms with Crippen LogP contribution in [0.5, 0.6) is 0 Å². The van der Waals surface area contributed by atoms with Crippen molar-refractivity contribution in [2.24, 2.45) is 0 Å². The number of nitrogens with zero attached hydrogens (tertiary/aromatic N) is 2. The van der Waals surface area contributed by atoms with Crippen LogP contribution in [-0.4, -0.2) is 23.1 Å². The molecule has 1 aliphatic rings. The van der Waals surface area contributed by atoms with Crippen molar-refractivity contribution in [2.45, 2.75) is 18.8 Å². The van der Waals surface area contributed by atoms with Crippen molar-refractivity contribution in [2.75, 3.05) is 18.8 Å². The molecule has 3 N–H and O–H groups in total. The minimum absolute atomic E-state index is 0.258. The van der Waals surface area contributed by atoms with Crippen LogP contribution in [0.4, 0.5) is 10.3 Å². The Morgan fingerprint density at radius 3 is 2.78 bits per heavy atom. The number of halogens is 1. The summed E-state index contributed by atoms with van der Waals surface area (Å²) < 4.78 is 13.4. The molecule has 3 rings (SSSR count). The van der Waals surface area contributed by atoms with Crippen molar-refractivity contribution in [3.05, 3.63) is 29.7 Å². The van der Waals surface area contributed by atoms with E-state index in [0.717, 1.165) is 42.5 Å². The van der Waals surface area contributed by atoms with E-state index in [9.17, 15) is 4.39 Å². The van der Waals surface area contributed by atoms with E-state index < -0.39 is 0 Å². The summed E-state index contributed by atoms with van der Waals surface area (Å²) >= 11 is 0. The molecule has 1 aromatic heterocycles. The van der Waals surface area contributed by atoms with Gasteiger partial charge in [-0.1, -0.05) is 0 Å². The molecule has 2 heterocycles. The van der Waals surface area contributed by atoms with Gasteiger partial charge in [-0.05, 0) is 44.1 Å². The van der Waals surface area contributed by atoms with Gasteiger partial charge in [-0.3, -0.25) is 0 Å². The molecule has 1 aliphatic heterocycles. The van der Waals surface area contributed by atoms with E-state index in [4.69, 9.17) is 5.73 Å². The molecule has 2 aromatic rings. The predicted octanol–water partition coefficient (Wildman–Crippen LogP) is 1.82. The lowest BCUT2D eigenvalue weighted by Crippen LogP contribution is -2.27. The number of rotatable bonds is 1. The Bertz CT molecular complexity index is 578. The van der Waals surface area contributed by atoms with Crippen molar-refractivity contribution < 1.29 is 4.39 Å². The average Bonchev–Trinajstić information content (AvgIpc) is 2.39. The maximum Gasteiger partial charge on any atom is 0.220 e. The summed E-state index contributed by atoms with van der Waals surface area (Å²) in [6, 6.07) is 4.57. The minimum atomic E-state index is -0.258. The Balaban J connectivity index is 2.16. The van der Waals surface area contributed by atoms with E-state index in [-0.39, 0.29) is 11.8 Å². The second kappa shape index (κ2) is 4.49. The maximum atomic E-state index is 13.4. The first kappa shape index (κ1) is 11.3. The zero-order valence-corrected chi connectivity index (χ0v) is 9.99. The van der Waals surface area contributed by atoms with Gasteiger partial charge in [0.1, 0.15) is 5.82 Å². The third-order valence-electron chi connectivity index (χ3n) is 3.43. The number of hydrogen-bond acceptors (Lipinski definition) is 4. The van der Waals surface area contributed by atoms with Gasteiger partial charge in [0.25, 0.3) is 0 Å². The SMILES string of the molecule is Nc1nc(C2CCNCC2)c2cc(F)ccc2n1. The smallest absolute Gasteiger partial charge is 0.220 e. The second-order valence-electron chi connectivity index (χ2n) is 4.65. The van der Waals surface area contributed by atoms with Gasteiger partial charge in [-0.25, -0.2) is 14.4 Å². The molecule has 0 spiro atoms. The number of aromatic nitrogens is 2. The maximum absolute atomic E-state index is 13.4. The van der Waals surface area contributed by atoms with Gasteiger partial charge < -0.3 is 11.1 Å². The number of nitrogens with two attached hydrogens (primary N) is 1. The molecule has 0 radical (unpaired) electrons. The zero-order chi connectivity index (χ0) is 12.5. The fourth-order valence-electron chi connectivity index (χ4n) is 2.55. The van der Waals surface area contributed by atoms with Gasteiger partial charge in [-0.15, -0.1) is 0 Å². The Morgan fingerprint density at radius 2 is 2.00 bits per heavy atom. The molecule has 1 aromatic carbocycles. The molecule has 94 valence electrons. The van der Waals surface area contributed by atoms with E-state index in [1.165, 1.54) is 12.1 Å². The Hall–Kier alpha value is -1.75. The topological polar surface area (TPSA) is 63.8 Å². The molecule has 0 amide bonds. The summed E-state index contributed by atoms with van der Waals surface area (Å²) in [7, 11) is 0. The summed E-state index contributed by atoms with van der Waals surface area (Å²) in [5, 5.41) is 4.10. The lowest BCUT2D eigenvalue weighted by molar-refractivity contribution is 0.455. The summed E-state index contributed by atoms with van der Waals surface area (Å²) in [5.41, 5.74) is 7.35. The molecule has 5 heteroatoms. The Kier molecular flexibility index (Phi) is 2.83. The number of hydrogen-bond donors (Lipinski definition) is 2. The molecular weight excluding hydrogens is 231 g/mol. The Labute approximate surface area is 104 Å². The zero-order valence-electron chi connectivity index (χ0n) is 9.99. The largest absolute Gasteiger partial charge is 0.368 e. The summed E-state index contributed by atoms with van der Waals surface area (Å²) in [6.07, 6.45) is 2.00. The highest BCUT2D eigenvalue weighted by atomic mass is 19.1. The summed E-state index contributed by atoms with van der Waals surface area (Å²) in [4.78, 5) is 8.49. The van der Waals surface area contributed by atoms with Gasteiger partial charge in [-0.2, -0.15) is 0 Å². The van der Waals surface area contributed by atoms with E-state index in [0.29, 0.717) is 5.92 Å². The summed E-state index contributed by atoms with van der Waals surface area (Å²) in [6.45, 7) is 1.93. The molecule has 1 fully saturated rings. The van der Waals surface area contributed by atoms with Crippen LogP contribution in [0.1, 0.15) is 24.5 Å². The standard InChI is InChI=1S/C13H15FN4/c14-9-1-2-11-10(7-9)12(18-13(15)17-11)8-3-5-16-6-4-8/h1-2,7-8,16H,3-6H2,(H2,15,17,18). The average molecular weight is 246 g/mol. The molecule has 4 nitrogen and oxygen atoms in total. The molecule has 1 saturated heterocycles. The fourth-order valence-corrected chi connectivity index (χ4v) is 2.55. The molecule has 0 unspecified atom stereocenters. The third-order valence-corrected chi connectivity index (χ3v) is 3.43. The van der Waals surface area contributed by atoms with Gasteiger partial charge in [0.2, 0.25) is 5.95 Å². The van der Waals surface area contributed by atoms with Crippen LogP contribution >= 0.6 is 0 Å². The van der Waals surface area contributed by atoms with Crippen LogP contribution in [0.2, 0.25) is 0 Å². The van der Waals surface area contributed by atoms with Crippen molar-refractivity contribution in [1.29, 1.82) is 0 Å². The predicted molar refractivity (Wildman–Crippen MR) is 68.8 cm³/mol. The monoisotopic (exact) mass is 246 g/mol. The van der Waals surface area contributed by atoms with Gasteiger partial charge in [0.05, 0.1) is 11.2 Å². The fraction of sp³-hybridized carbons (Fsp3) is 0.385. The number of anilines is 1. The molecule has 18 heavy (non-hydrogen) atoms. The highest BCUT2D eigenvalue weighted by Gasteiger charge is 2.20. The second-order valence-corrected chi connectivity index (χ2v) is 4.65. The van der Waals surface area contributed by atoms with Crippen molar-refractivity contribution >= 4 is 16.9 Å². The van der Waals surface area contributed by atoms with Gasteiger partial charge >= 0.3 is 0 Å². The van der Waals surface area contributed by atoms with Crippen LogP contribution in [0, 0.1) is 5.82 Å². The highest BCUT2D eigenvalue weighted by Crippen LogP contribution is 2.30. The minimum Gasteiger partial charge on any atom is -0.368 e. The number of piperidine rings is 1. The lowest BCUT2D eigenvalue weighted by Gasteiger charge is -2.23. The first-order chi connectivity index (χ1) is 8.74. The normalized spacial score (nSPS) is 17.2. The van der Waals surface area contributed by atoms with Gasteiger partial charge in [0.15, 0.2) is 0 Å². The van der Waals surface area contributed by atoms with E-state index in [2.05, 4.69) is 15.3 Å².